The molecule has 0 saturated heterocycles. The van der Waals surface area contributed by atoms with Gasteiger partial charge in [-0.1, -0.05) is 53.5 Å². The van der Waals surface area contributed by atoms with E-state index in [4.69, 9.17) is 27.9 Å². The number of carbonyl (C=O) groups is 2. The molecule has 3 aromatic carbocycles. The lowest BCUT2D eigenvalue weighted by Gasteiger charge is -2.12. The Labute approximate surface area is 199 Å². The highest BCUT2D eigenvalue weighted by Crippen LogP contribution is 2.36. The standard InChI is InChI=1S/C25H19Cl2NO3S/c1-31-25(30)19-11-10-18(28-14-15-6-8-17(26)9-7-15)12-16(19)13-21(29)24-23(27)20-4-2-3-5-22(20)32-24/h2-12,28H,13-14H2,1H3. The third kappa shape index (κ3) is 4.80. The lowest BCUT2D eigenvalue weighted by molar-refractivity contribution is 0.0599. The summed E-state index contributed by atoms with van der Waals surface area (Å²) in [6, 6.07) is 20.4. The molecule has 0 bridgehead atoms. The Balaban J connectivity index is 1.60. The van der Waals surface area contributed by atoms with Crippen molar-refractivity contribution >= 4 is 62.1 Å². The second-order valence-corrected chi connectivity index (χ2v) is 9.05. The number of fused-ring (bicyclic) bond motifs is 1. The van der Waals surface area contributed by atoms with Gasteiger partial charge in [-0.15, -0.1) is 11.3 Å². The third-order valence-electron chi connectivity index (χ3n) is 5.06. The highest BCUT2D eigenvalue weighted by atomic mass is 35.5. The summed E-state index contributed by atoms with van der Waals surface area (Å²) >= 11 is 13.8. The zero-order valence-electron chi connectivity index (χ0n) is 17.2. The summed E-state index contributed by atoms with van der Waals surface area (Å²) in [5.74, 6) is -0.629. The fourth-order valence-corrected chi connectivity index (χ4v) is 5.01. The van der Waals surface area contributed by atoms with Crippen LogP contribution in [0.2, 0.25) is 10.0 Å². The number of benzene rings is 3. The summed E-state index contributed by atoms with van der Waals surface area (Å²) < 4.78 is 5.86. The molecule has 4 nitrogen and oxygen atoms in total. The van der Waals surface area contributed by atoms with Crippen LogP contribution in [0.5, 0.6) is 0 Å². The summed E-state index contributed by atoms with van der Waals surface area (Å²) in [6.45, 7) is 0.574. The molecule has 0 atom stereocenters. The quantitative estimate of drug-likeness (QED) is 0.226. The molecule has 0 unspecified atom stereocenters. The normalized spacial score (nSPS) is 10.8. The SMILES string of the molecule is COC(=O)c1ccc(NCc2ccc(Cl)cc2)cc1CC(=O)c1sc2ccccc2c1Cl. The molecule has 0 aliphatic heterocycles. The Morgan fingerprint density at radius 2 is 1.75 bits per heavy atom. The van der Waals surface area contributed by atoms with Crippen LogP contribution in [-0.4, -0.2) is 18.9 Å². The van der Waals surface area contributed by atoms with E-state index in [0.717, 1.165) is 21.3 Å². The maximum Gasteiger partial charge on any atom is 0.338 e. The van der Waals surface area contributed by atoms with E-state index in [1.54, 1.807) is 18.2 Å². The van der Waals surface area contributed by atoms with E-state index >= 15 is 0 Å². The Hall–Kier alpha value is -2.86. The smallest absolute Gasteiger partial charge is 0.338 e. The largest absolute Gasteiger partial charge is 0.465 e. The lowest BCUT2D eigenvalue weighted by atomic mass is 10.0. The van der Waals surface area contributed by atoms with Gasteiger partial charge < -0.3 is 10.1 Å². The van der Waals surface area contributed by atoms with Crippen LogP contribution in [-0.2, 0) is 17.7 Å². The van der Waals surface area contributed by atoms with E-state index in [-0.39, 0.29) is 12.2 Å². The molecular formula is C25H19Cl2NO3S. The van der Waals surface area contributed by atoms with Gasteiger partial charge in [-0.25, -0.2) is 4.79 Å². The molecule has 0 aliphatic rings. The van der Waals surface area contributed by atoms with Gasteiger partial charge >= 0.3 is 5.97 Å². The predicted molar refractivity (Wildman–Crippen MR) is 131 cm³/mol. The zero-order valence-corrected chi connectivity index (χ0v) is 19.5. The van der Waals surface area contributed by atoms with E-state index in [9.17, 15) is 9.59 Å². The van der Waals surface area contributed by atoms with Crippen LogP contribution in [0.4, 0.5) is 5.69 Å². The van der Waals surface area contributed by atoms with Crippen LogP contribution in [0.15, 0.2) is 66.7 Å². The molecule has 0 fully saturated rings. The van der Waals surface area contributed by atoms with Gasteiger partial charge in [-0.3, -0.25) is 4.79 Å². The second kappa shape index (κ2) is 9.74. The van der Waals surface area contributed by atoms with E-state index in [1.807, 2.05) is 48.5 Å². The fourth-order valence-electron chi connectivity index (χ4n) is 3.41. The van der Waals surface area contributed by atoms with E-state index in [0.29, 0.717) is 32.6 Å². The number of anilines is 1. The fraction of sp³-hybridized carbons (Fsp3) is 0.120. The van der Waals surface area contributed by atoms with Crippen LogP contribution in [0.25, 0.3) is 10.1 Å². The van der Waals surface area contributed by atoms with Gasteiger partial charge in [-0.2, -0.15) is 0 Å². The van der Waals surface area contributed by atoms with Gasteiger partial charge in [0.15, 0.2) is 5.78 Å². The first-order valence-electron chi connectivity index (χ1n) is 9.86. The van der Waals surface area contributed by atoms with Crippen molar-refractivity contribution in [3.05, 3.63) is 98.3 Å². The number of halogens is 2. The molecule has 7 heteroatoms. The Morgan fingerprint density at radius 3 is 2.47 bits per heavy atom. The van der Waals surface area contributed by atoms with Crippen molar-refractivity contribution in [3.8, 4) is 0 Å². The summed E-state index contributed by atoms with van der Waals surface area (Å²) in [7, 11) is 1.32. The Morgan fingerprint density at radius 1 is 1.00 bits per heavy atom. The second-order valence-electron chi connectivity index (χ2n) is 7.18. The Kier molecular flexibility index (Phi) is 6.80. The molecular weight excluding hydrogens is 465 g/mol. The van der Waals surface area contributed by atoms with Crippen LogP contribution in [0, 0.1) is 0 Å². The van der Waals surface area contributed by atoms with Crippen LogP contribution in [0.1, 0.15) is 31.2 Å². The minimum absolute atomic E-state index is 0.0352. The predicted octanol–water partition coefficient (Wildman–Crippen LogP) is 7.03. The van der Waals surface area contributed by atoms with Crippen molar-refractivity contribution in [3.63, 3.8) is 0 Å². The number of carbonyl (C=O) groups excluding carboxylic acids is 2. The topological polar surface area (TPSA) is 55.4 Å². The number of Topliss-reactive ketones (excluding diaryl/α,β-unsaturated/α-hetero) is 1. The average molecular weight is 484 g/mol. The first-order chi connectivity index (χ1) is 15.5. The molecule has 0 spiro atoms. The highest BCUT2D eigenvalue weighted by molar-refractivity contribution is 7.21. The number of thiophene rings is 1. The molecule has 32 heavy (non-hydrogen) atoms. The third-order valence-corrected chi connectivity index (χ3v) is 7.03. The number of hydrogen-bond acceptors (Lipinski definition) is 5. The van der Waals surface area contributed by atoms with Crippen LogP contribution >= 0.6 is 34.5 Å². The number of methoxy groups -OCH3 is 1. The number of rotatable bonds is 7. The average Bonchev–Trinajstić information content (AvgIpc) is 3.15. The number of ketones is 1. The zero-order chi connectivity index (χ0) is 22.7. The molecule has 162 valence electrons. The minimum atomic E-state index is -0.487. The van der Waals surface area contributed by atoms with Gasteiger partial charge in [0, 0.05) is 33.8 Å². The number of nitrogens with one attached hydrogen (secondary N) is 1. The van der Waals surface area contributed by atoms with E-state index < -0.39 is 5.97 Å². The number of esters is 1. The van der Waals surface area contributed by atoms with Crippen molar-refractivity contribution in [2.24, 2.45) is 0 Å². The molecule has 1 aromatic heterocycles. The molecule has 4 rings (SSSR count). The maximum absolute atomic E-state index is 13.1. The molecule has 1 heterocycles. The van der Waals surface area contributed by atoms with Gasteiger partial charge in [0.1, 0.15) is 0 Å². The highest BCUT2D eigenvalue weighted by Gasteiger charge is 2.21. The van der Waals surface area contributed by atoms with Gasteiger partial charge in [0.05, 0.1) is 22.6 Å². The van der Waals surface area contributed by atoms with Gasteiger partial charge in [0.2, 0.25) is 0 Å². The summed E-state index contributed by atoms with van der Waals surface area (Å²) in [5, 5.41) is 5.31. The summed E-state index contributed by atoms with van der Waals surface area (Å²) in [4.78, 5) is 25.9. The van der Waals surface area contributed by atoms with Crippen molar-refractivity contribution in [1.82, 2.24) is 0 Å². The van der Waals surface area contributed by atoms with Gasteiger partial charge in [-0.05, 0) is 47.5 Å². The summed E-state index contributed by atoms with van der Waals surface area (Å²) in [6.07, 6.45) is 0.0352. The first-order valence-corrected chi connectivity index (χ1v) is 11.4. The maximum atomic E-state index is 13.1. The van der Waals surface area contributed by atoms with Crippen LogP contribution in [0.3, 0.4) is 0 Å². The minimum Gasteiger partial charge on any atom is -0.465 e. The van der Waals surface area contributed by atoms with E-state index in [1.165, 1.54) is 18.4 Å². The van der Waals surface area contributed by atoms with Crippen LogP contribution < -0.4 is 5.32 Å². The first kappa shape index (κ1) is 22.3. The van der Waals surface area contributed by atoms with Crippen molar-refractivity contribution in [2.75, 3.05) is 12.4 Å². The van der Waals surface area contributed by atoms with Crippen molar-refractivity contribution in [2.45, 2.75) is 13.0 Å². The van der Waals surface area contributed by atoms with Crippen molar-refractivity contribution < 1.29 is 14.3 Å². The summed E-state index contributed by atoms with van der Waals surface area (Å²) in [5.41, 5.74) is 2.78. The van der Waals surface area contributed by atoms with Gasteiger partial charge in [0.25, 0.3) is 0 Å². The molecule has 4 aromatic rings. The van der Waals surface area contributed by atoms with Crippen molar-refractivity contribution in [1.29, 1.82) is 0 Å². The lowest BCUT2D eigenvalue weighted by Crippen LogP contribution is -2.11. The molecule has 0 amide bonds. The molecule has 0 saturated carbocycles. The molecule has 0 radical (unpaired) electrons. The molecule has 0 aliphatic carbocycles. The monoisotopic (exact) mass is 483 g/mol. The number of hydrogen-bond donors (Lipinski definition) is 1. The Bertz CT molecular complexity index is 1300. The molecule has 1 N–H and O–H groups in total. The van der Waals surface area contributed by atoms with E-state index in [2.05, 4.69) is 5.32 Å². The number of ether oxygens (including phenoxy) is 1.